The first-order valence-corrected chi connectivity index (χ1v) is 5.53. The van der Waals surface area contributed by atoms with Crippen molar-refractivity contribution in [1.82, 2.24) is 5.32 Å². The van der Waals surface area contributed by atoms with Gasteiger partial charge in [0.25, 0.3) is 0 Å². The van der Waals surface area contributed by atoms with E-state index in [1.807, 2.05) is 0 Å². The third-order valence-corrected chi connectivity index (χ3v) is 2.20. The zero-order valence-electron chi connectivity index (χ0n) is 9.45. The Morgan fingerprint density at radius 2 is 1.94 bits per heavy atom. The van der Waals surface area contributed by atoms with Crippen molar-refractivity contribution in [2.75, 3.05) is 13.1 Å². The van der Waals surface area contributed by atoms with E-state index in [1.165, 1.54) is 0 Å². The SMILES string of the molecule is NCCNC(=O)CCCCC[C@H](N)C(=O)O. The monoisotopic (exact) mass is 231 g/mol. The molecule has 0 aromatic heterocycles. The van der Waals surface area contributed by atoms with Gasteiger partial charge in [0, 0.05) is 19.5 Å². The van der Waals surface area contributed by atoms with E-state index in [9.17, 15) is 9.59 Å². The maximum atomic E-state index is 11.1. The molecule has 6 heteroatoms. The normalized spacial score (nSPS) is 12.1. The Labute approximate surface area is 95.4 Å². The van der Waals surface area contributed by atoms with Crippen molar-refractivity contribution in [1.29, 1.82) is 0 Å². The molecular weight excluding hydrogens is 210 g/mol. The van der Waals surface area contributed by atoms with E-state index < -0.39 is 12.0 Å². The number of amides is 1. The van der Waals surface area contributed by atoms with Crippen LogP contribution in [0.5, 0.6) is 0 Å². The molecule has 1 atom stereocenters. The fraction of sp³-hybridized carbons (Fsp3) is 0.800. The van der Waals surface area contributed by atoms with Gasteiger partial charge in [-0.05, 0) is 12.8 Å². The predicted octanol–water partition coefficient (Wildman–Crippen LogP) is -0.576. The lowest BCUT2D eigenvalue weighted by atomic mass is 10.1. The molecule has 6 N–H and O–H groups in total. The van der Waals surface area contributed by atoms with Crippen LogP contribution in [-0.4, -0.2) is 36.1 Å². The van der Waals surface area contributed by atoms with Gasteiger partial charge in [-0.1, -0.05) is 12.8 Å². The summed E-state index contributed by atoms with van der Waals surface area (Å²) >= 11 is 0. The number of unbranched alkanes of at least 4 members (excludes halogenated alkanes) is 2. The summed E-state index contributed by atoms with van der Waals surface area (Å²) in [6, 6.07) is -0.786. The Hall–Kier alpha value is -1.14. The summed E-state index contributed by atoms with van der Waals surface area (Å²) in [6.07, 6.45) is 3.22. The van der Waals surface area contributed by atoms with Crippen LogP contribution in [0.4, 0.5) is 0 Å². The Balaban J connectivity index is 3.33. The van der Waals surface area contributed by atoms with E-state index in [-0.39, 0.29) is 5.91 Å². The first kappa shape index (κ1) is 14.9. The summed E-state index contributed by atoms with van der Waals surface area (Å²) in [5.74, 6) is -0.978. The van der Waals surface area contributed by atoms with E-state index in [2.05, 4.69) is 5.32 Å². The van der Waals surface area contributed by atoms with Gasteiger partial charge < -0.3 is 21.9 Å². The van der Waals surface area contributed by atoms with Crippen molar-refractivity contribution >= 4 is 11.9 Å². The molecule has 6 nitrogen and oxygen atoms in total. The molecule has 0 aliphatic carbocycles. The number of carboxylic acid groups (broad SMARTS) is 1. The van der Waals surface area contributed by atoms with Gasteiger partial charge in [-0.3, -0.25) is 9.59 Å². The molecule has 0 unspecified atom stereocenters. The highest BCUT2D eigenvalue weighted by atomic mass is 16.4. The van der Waals surface area contributed by atoms with Crippen LogP contribution in [-0.2, 0) is 9.59 Å². The minimum atomic E-state index is -0.972. The lowest BCUT2D eigenvalue weighted by Crippen LogP contribution is -2.30. The molecule has 0 saturated heterocycles. The Bertz CT molecular complexity index is 221. The van der Waals surface area contributed by atoms with Crippen molar-refractivity contribution in [2.24, 2.45) is 11.5 Å². The van der Waals surface area contributed by atoms with E-state index >= 15 is 0 Å². The van der Waals surface area contributed by atoms with Crippen LogP contribution in [0.25, 0.3) is 0 Å². The van der Waals surface area contributed by atoms with Gasteiger partial charge in [0.15, 0.2) is 0 Å². The van der Waals surface area contributed by atoms with Gasteiger partial charge in [-0.15, -0.1) is 0 Å². The van der Waals surface area contributed by atoms with Crippen molar-refractivity contribution in [2.45, 2.75) is 38.1 Å². The second kappa shape index (κ2) is 9.11. The number of carbonyl (C=O) groups excluding carboxylic acids is 1. The van der Waals surface area contributed by atoms with Crippen LogP contribution < -0.4 is 16.8 Å². The number of aliphatic carboxylic acids is 1. The van der Waals surface area contributed by atoms with E-state index in [4.69, 9.17) is 16.6 Å². The summed E-state index contributed by atoms with van der Waals surface area (Å²) < 4.78 is 0. The first-order chi connectivity index (χ1) is 7.57. The average molecular weight is 231 g/mol. The summed E-state index contributed by atoms with van der Waals surface area (Å²) in [5, 5.41) is 11.2. The van der Waals surface area contributed by atoms with Gasteiger partial charge >= 0.3 is 5.97 Å². The van der Waals surface area contributed by atoms with Crippen LogP contribution in [0.3, 0.4) is 0 Å². The zero-order chi connectivity index (χ0) is 12.4. The molecule has 94 valence electrons. The summed E-state index contributed by atoms with van der Waals surface area (Å²) in [5.41, 5.74) is 10.6. The quantitative estimate of drug-likeness (QED) is 0.396. The van der Waals surface area contributed by atoms with Crippen LogP contribution in [0.2, 0.25) is 0 Å². The maximum Gasteiger partial charge on any atom is 0.320 e. The van der Waals surface area contributed by atoms with Gasteiger partial charge in [-0.25, -0.2) is 0 Å². The topological polar surface area (TPSA) is 118 Å². The number of carboxylic acids is 1. The number of rotatable bonds is 9. The highest BCUT2D eigenvalue weighted by molar-refractivity contribution is 5.75. The molecule has 0 radical (unpaired) electrons. The van der Waals surface area contributed by atoms with E-state index in [0.717, 1.165) is 19.3 Å². The maximum absolute atomic E-state index is 11.1. The predicted molar refractivity (Wildman–Crippen MR) is 60.8 cm³/mol. The zero-order valence-corrected chi connectivity index (χ0v) is 9.45. The highest BCUT2D eigenvalue weighted by Gasteiger charge is 2.10. The van der Waals surface area contributed by atoms with Crippen LogP contribution >= 0.6 is 0 Å². The van der Waals surface area contributed by atoms with Crippen molar-refractivity contribution < 1.29 is 14.7 Å². The molecule has 0 aliphatic heterocycles. The summed E-state index contributed by atoms with van der Waals surface area (Å²) in [6.45, 7) is 0.946. The van der Waals surface area contributed by atoms with Gasteiger partial charge in [0.05, 0.1) is 0 Å². The van der Waals surface area contributed by atoms with Crippen LogP contribution in [0, 0.1) is 0 Å². The fourth-order valence-electron chi connectivity index (χ4n) is 1.25. The molecule has 0 heterocycles. The van der Waals surface area contributed by atoms with Crippen molar-refractivity contribution in [3.63, 3.8) is 0 Å². The van der Waals surface area contributed by atoms with Crippen molar-refractivity contribution in [3.8, 4) is 0 Å². The largest absolute Gasteiger partial charge is 0.480 e. The second-order valence-electron chi connectivity index (χ2n) is 3.68. The molecule has 0 bridgehead atoms. The smallest absolute Gasteiger partial charge is 0.320 e. The first-order valence-electron chi connectivity index (χ1n) is 5.53. The molecule has 0 spiro atoms. The van der Waals surface area contributed by atoms with Crippen molar-refractivity contribution in [3.05, 3.63) is 0 Å². The lowest BCUT2D eigenvalue weighted by molar-refractivity contribution is -0.138. The Morgan fingerprint density at radius 1 is 1.25 bits per heavy atom. The number of hydrogen-bond donors (Lipinski definition) is 4. The molecular formula is C10H21N3O3. The van der Waals surface area contributed by atoms with E-state index in [1.54, 1.807) is 0 Å². The Morgan fingerprint density at radius 3 is 2.50 bits per heavy atom. The lowest BCUT2D eigenvalue weighted by Gasteiger charge is -2.06. The molecule has 0 aromatic carbocycles. The van der Waals surface area contributed by atoms with Gasteiger partial charge in [0.2, 0.25) is 5.91 Å². The number of nitrogens with two attached hydrogens (primary N) is 2. The molecule has 16 heavy (non-hydrogen) atoms. The van der Waals surface area contributed by atoms with Crippen LogP contribution in [0.1, 0.15) is 32.1 Å². The third kappa shape index (κ3) is 8.19. The second-order valence-corrected chi connectivity index (χ2v) is 3.68. The molecule has 1 amide bonds. The molecule has 0 aromatic rings. The molecule has 0 saturated carbocycles. The van der Waals surface area contributed by atoms with Crippen LogP contribution in [0.15, 0.2) is 0 Å². The van der Waals surface area contributed by atoms with E-state index in [0.29, 0.717) is 25.9 Å². The third-order valence-electron chi connectivity index (χ3n) is 2.20. The molecule has 0 aliphatic rings. The number of hydrogen-bond acceptors (Lipinski definition) is 4. The number of nitrogens with one attached hydrogen (secondary N) is 1. The summed E-state index contributed by atoms with van der Waals surface area (Å²) in [4.78, 5) is 21.5. The minimum Gasteiger partial charge on any atom is -0.480 e. The van der Waals surface area contributed by atoms with Gasteiger partial charge in [-0.2, -0.15) is 0 Å². The average Bonchev–Trinajstić information content (AvgIpc) is 2.25. The van der Waals surface area contributed by atoms with Gasteiger partial charge in [0.1, 0.15) is 6.04 Å². The molecule has 0 fully saturated rings. The molecule has 0 rings (SSSR count). The fourth-order valence-corrected chi connectivity index (χ4v) is 1.25. The standard InChI is InChI=1S/C10H21N3O3/c11-6-7-13-9(14)5-3-1-2-4-8(12)10(15)16/h8H,1-7,11-12H2,(H,13,14)(H,15,16)/t8-/m0/s1. The minimum absolute atomic E-state index is 0.00650. The Kier molecular flexibility index (Phi) is 8.46. The highest BCUT2D eigenvalue weighted by Crippen LogP contribution is 2.04. The number of carbonyl (C=O) groups is 2. The summed E-state index contributed by atoms with van der Waals surface area (Å²) in [7, 11) is 0.